The first-order valence-corrected chi connectivity index (χ1v) is 0. The van der Waals surface area contributed by atoms with Crippen LogP contribution in [-0.4, -0.2) is 0 Å². The second-order valence-electron chi connectivity index (χ2n) is 0. The molecule has 0 nitrogen and oxygen atoms in total. The zero-order chi connectivity index (χ0) is 0. The van der Waals surface area contributed by atoms with Crippen LogP contribution in [0.3, 0.4) is 0 Å². The minimum Gasteiger partial charge on any atom is -0.358 e. The van der Waals surface area contributed by atoms with Crippen molar-refractivity contribution < 1.29 is 50.3 Å². The topological polar surface area (TPSA) is 0 Å². The molecule has 2 radical (unpaired) electrons. The van der Waals surface area contributed by atoms with E-state index in [1.54, 1.807) is 0 Å². The van der Waals surface area contributed by atoms with Gasteiger partial charge < -0.3 is 7.43 Å². The Hall–Kier alpha value is 1.52. The monoisotopic (exact) mass is 187 g/mol. The fourth-order valence-electron chi connectivity index (χ4n) is 0. The Bertz CT molecular complexity index is 8.00. The van der Waals surface area contributed by atoms with Gasteiger partial charge in [-0.15, -0.1) is 0 Å². The van der Waals surface area contributed by atoms with E-state index in [1.807, 2.05) is 0 Å². The molecule has 0 unspecified atom stereocenters. The second kappa shape index (κ2) is 24.2. The molecule has 0 aromatic rings. The average molecular weight is 188 g/mol. The first kappa shape index (κ1) is 48.8. The van der Waals surface area contributed by atoms with Crippen molar-refractivity contribution in [1.82, 2.24) is 0 Å². The number of hydrogen-bond donors (Lipinski definition) is 0. The Balaban J connectivity index is 0. The van der Waals surface area contributed by atoms with Gasteiger partial charge >= 0.3 is 0 Å². The molecule has 0 aromatic heterocycles. The Morgan fingerprint density at radius 2 is 1.00 bits per heavy atom. The maximum atomic E-state index is 0. The van der Waals surface area contributed by atoms with Crippen LogP contribution in [0.4, 0.5) is 0 Å². The molecule has 0 atom stereocenters. The van der Waals surface area contributed by atoms with Gasteiger partial charge in [-0.2, -0.15) is 0 Å². The van der Waals surface area contributed by atoms with Gasteiger partial charge in [0, 0.05) is 50.3 Å². The molecule has 3 heteroatoms. The van der Waals surface area contributed by atoms with Crippen molar-refractivity contribution in [2.24, 2.45) is 0 Å². The summed E-state index contributed by atoms with van der Waals surface area (Å²) in [5, 5.41) is 0. The standard InChI is InChI=1S/CH3.Co.Mn.Ni/h1H3;;;/q-1;;;. The predicted molar refractivity (Wildman–Crippen MR) is 6.41 cm³/mol. The van der Waals surface area contributed by atoms with Crippen molar-refractivity contribution in [3.8, 4) is 0 Å². The van der Waals surface area contributed by atoms with Crippen molar-refractivity contribution in [2.45, 2.75) is 0 Å². The quantitative estimate of drug-likeness (QED) is 0.382. The van der Waals surface area contributed by atoms with E-state index in [4.69, 9.17) is 0 Å². The summed E-state index contributed by atoms with van der Waals surface area (Å²) in [7, 11) is 0. The van der Waals surface area contributed by atoms with Gasteiger partial charge in [0.25, 0.3) is 0 Å². The fraction of sp³-hybridized carbons (Fsp3) is 0. The SMILES string of the molecule is [CH3-].[Co].[Mn].[Ni]. The van der Waals surface area contributed by atoms with Crippen LogP contribution in [-0.2, 0) is 50.3 Å². The molecular weight excluding hydrogens is 185 g/mol. The van der Waals surface area contributed by atoms with Gasteiger partial charge in [-0.05, 0) is 0 Å². The first-order valence-electron chi connectivity index (χ1n) is 0. The Morgan fingerprint density at radius 1 is 1.00 bits per heavy atom. The van der Waals surface area contributed by atoms with Crippen LogP contribution in [0.5, 0.6) is 0 Å². The van der Waals surface area contributed by atoms with Gasteiger partial charge in [0.1, 0.15) is 0 Å². The second-order valence-corrected chi connectivity index (χ2v) is 0. The molecule has 0 spiro atoms. The summed E-state index contributed by atoms with van der Waals surface area (Å²) in [5.41, 5.74) is 0. The molecular formula is CH3CoMnNi-. The average Bonchev–Trinajstić information content (AvgIpc) is 0. The van der Waals surface area contributed by atoms with E-state index in [-0.39, 0.29) is 57.8 Å². The summed E-state index contributed by atoms with van der Waals surface area (Å²) < 4.78 is 0. The first-order chi connectivity index (χ1) is 0. The van der Waals surface area contributed by atoms with E-state index in [9.17, 15) is 0 Å². The third-order valence-electron chi connectivity index (χ3n) is 0. The summed E-state index contributed by atoms with van der Waals surface area (Å²) in [6.45, 7) is 0. The summed E-state index contributed by atoms with van der Waals surface area (Å²) >= 11 is 0. The van der Waals surface area contributed by atoms with E-state index in [0.29, 0.717) is 0 Å². The molecule has 0 saturated carbocycles. The molecule has 0 aliphatic rings. The maximum absolute atomic E-state index is 0. The van der Waals surface area contributed by atoms with Crippen molar-refractivity contribution >= 4 is 0 Å². The summed E-state index contributed by atoms with van der Waals surface area (Å²) in [6.07, 6.45) is 0. The maximum Gasteiger partial charge on any atom is 0 e. The van der Waals surface area contributed by atoms with Crippen LogP contribution < -0.4 is 0 Å². The van der Waals surface area contributed by atoms with Crippen molar-refractivity contribution in [3.63, 3.8) is 0 Å². The van der Waals surface area contributed by atoms with E-state index in [1.165, 1.54) is 0 Å². The molecule has 0 N–H and O–H groups in total. The third-order valence-corrected chi connectivity index (χ3v) is 0. The molecule has 0 heterocycles. The van der Waals surface area contributed by atoms with Crippen molar-refractivity contribution in [3.05, 3.63) is 7.43 Å². The summed E-state index contributed by atoms with van der Waals surface area (Å²) in [5.74, 6) is 0. The van der Waals surface area contributed by atoms with Crippen LogP contribution in [0.15, 0.2) is 0 Å². The largest absolute Gasteiger partial charge is 0.358 e. The summed E-state index contributed by atoms with van der Waals surface area (Å²) in [4.78, 5) is 0. The zero-order valence-electron chi connectivity index (χ0n) is 2.03. The van der Waals surface area contributed by atoms with E-state index < -0.39 is 0 Å². The van der Waals surface area contributed by atoms with Gasteiger partial charge in [0.05, 0.1) is 0 Å². The van der Waals surface area contributed by atoms with Crippen molar-refractivity contribution in [1.29, 1.82) is 0 Å². The summed E-state index contributed by atoms with van der Waals surface area (Å²) in [6, 6.07) is 0. The van der Waals surface area contributed by atoms with Crippen LogP contribution in [0.2, 0.25) is 0 Å². The molecule has 0 rings (SSSR count). The Kier molecular flexibility index (Phi) is 296. The molecule has 34 valence electrons. The van der Waals surface area contributed by atoms with Crippen molar-refractivity contribution in [2.75, 3.05) is 0 Å². The minimum absolute atomic E-state index is 0. The molecule has 0 fully saturated rings. The van der Waals surface area contributed by atoms with Gasteiger partial charge in [-0.1, -0.05) is 0 Å². The Morgan fingerprint density at radius 3 is 1.00 bits per heavy atom. The molecule has 0 saturated heterocycles. The van der Waals surface area contributed by atoms with Gasteiger partial charge in [0.15, 0.2) is 0 Å². The van der Waals surface area contributed by atoms with Crippen LogP contribution in [0.25, 0.3) is 0 Å². The molecule has 0 aliphatic carbocycles. The predicted octanol–water partition coefficient (Wildman–Crippen LogP) is 0.443. The smallest absolute Gasteiger partial charge is 0 e. The minimum atomic E-state index is 0. The van der Waals surface area contributed by atoms with E-state index in [2.05, 4.69) is 0 Å². The Labute approximate surface area is 57.7 Å². The molecule has 0 aromatic carbocycles. The zero-order valence-corrected chi connectivity index (χ0v) is 5.24. The number of rotatable bonds is 0. The van der Waals surface area contributed by atoms with Gasteiger partial charge in [-0.3, -0.25) is 0 Å². The van der Waals surface area contributed by atoms with Gasteiger partial charge in [0.2, 0.25) is 0 Å². The molecule has 0 aliphatic heterocycles. The molecule has 4 heavy (non-hydrogen) atoms. The van der Waals surface area contributed by atoms with Crippen LogP contribution in [0.1, 0.15) is 0 Å². The molecule has 0 amide bonds. The van der Waals surface area contributed by atoms with Crippen LogP contribution in [0, 0.1) is 7.43 Å². The number of hydrogen-bond acceptors (Lipinski definition) is 0. The third kappa shape index (κ3) is 9.68. The normalized spacial score (nSPS) is 0. The molecule has 0 bridgehead atoms. The van der Waals surface area contributed by atoms with E-state index >= 15 is 0 Å². The van der Waals surface area contributed by atoms with Crippen LogP contribution >= 0.6 is 0 Å². The van der Waals surface area contributed by atoms with E-state index in [0.717, 1.165) is 0 Å². The fourth-order valence-corrected chi connectivity index (χ4v) is 0. The van der Waals surface area contributed by atoms with Gasteiger partial charge in [-0.25, -0.2) is 0 Å².